The van der Waals surface area contributed by atoms with Crippen LogP contribution in [0.4, 0.5) is 0 Å². The summed E-state index contributed by atoms with van der Waals surface area (Å²) >= 11 is 0. The van der Waals surface area contributed by atoms with Gasteiger partial charge in [-0.2, -0.15) is 0 Å². The van der Waals surface area contributed by atoms with Gasteiger partial charge < -0.3 is 19.2 Å². The first-order valence-corrected chi connectivity index (χ1v) is 9.16. The number of benzene rings is 1. The molecule has 1 amide bonds. The zero-order chi connectivity index (χ0) is 18.1. The molecule has 2 fully saturated rings. The van der Waals surface area contributed by atoms with Crippen LogP contribution in [-0.2, 0) is 0 Å². The molecule has 0 spiro atoms. The average molecular weight is 357 g/mol. The maximum Gasteiger partial charge on any atom is 0.254 e. The van der Waals surface area contributed by atoms with Crippen LogP contribution in [0.15, 0.2) is 28.7 Å². The number of amides is 1. The van der Waals surface area contributed by atoms with Crippen molar-refractivity contribution in [2.45, 2.75) is 57.3 Å². The molecule has 26 heavy (non-hydrogen) atoms. The smallest absolute Gasteiger partial charge is 0.254 e. The lowest BCUT2D eigenvalue weighted by Gasteiger charge is -2.22. The summed E-state index contributed by atoms with van der Waals surface area (Å²) < 4.78 is 11.5. The lowest BCUT2D eigenvalue weighted by atomic mass is 10.1. The molecule has 2 aromatic rings. The highest BCUT2D eigenvalue weighted by Gasteiger charge is 2.39. The zero-order valence-electron chi connectivity index (χ0n) is 14.8. The molecule has 1 saturated heterocycles. The number of aromatic nitrogens is 2. The third-order valence-electron chi connectivity index (χ3n) is 5.05. The second-order valence-corrected chi connectivity index (χ2v) is 7.07. The molecule has 1 aromatic heterocycles. The van der Waals surface area contributed by atoms with Gasteiger partial charge in [0.15, 0.2) is 0 Å². The highest BCUT2D eigenvalue weighted by Crippen LogP contribution is 2.33. The SMILES string of the molecule is Cc1nnc([C@H]2C[C@@H](O)CN2C(=O)c2cccc(OC3CCCC3)c2)o1. The van der Waals surface area contributed by atoms with Crippen LogP contribution in [0.3, 0.4) is 0 Å². The molecule has 0 radical (unpaired) electrons. The van der Waals surface area contributed by atoms with Crippen LogP contribution in [-0.4, -0.2) is 44.9 Å². The maximum absolute atomic E-state index is 13.0. The average Bonchev–Trinajstić information content (AvgIpc) is 3.36. The van der Waals surface area contributed by atoms with Crippen molar-refractivity contribution >= 4 is 5.91 Å². The van der Waals surface area contributed by atoms with Crippen LogP contribution in [0, 0.1) is 6.92 Å². The maximum atomic E-state index is 13.0. The van der Waals surface area contributed by atoms with E-state index < -0.39 is 12.1 Å². The molecule has 2 aliphatic rings. The van der Waals surface area contributed by atoms with E-state index in [1.165, 1.54) is 12.8 Å². The third-order valence-corrected chi connectivity index (χ3v) is 5.05. The number of nitrogens with zero attached hydrogens (tertiary/aromatic N) is 3. The Bertz CT molecular complexity index is 785. The van der Waals surface area contributed by atoms with Crippen molar-refractivity contribution in [2.24, 2.45) is 0 Å². The topological polar surface area (TPSA) is 88.7 Å². The van der Waals surface area contributed by atoms with E-state index in [2.05, 4.69) is 10.2 Å². The quantitative estimate of drug-likeness (QED) is 0.905. The first-order valence-electron chi connectivity index (χ1n) is 9.16. The lowest BCUT2D eigenvalue weighted by Crippen LogP contribution is -2.32. The van der Waals surface area contributed by atoms with Crippen LogP contribution >= 0.6 is 0 Å². The molecule has 7 nitrogen and oxygen atoms in total. The Kier molecular flexibility index (Phi) is 4.63. The zero-order valence-corrected chi connectivity index (χ0v) is 14.8. The van der Waals surface area contributed by atoms with Crippen molar-refractivity contribution in [3.63, 3.8) is 0 Å². The summed E-state index contributed by atoms with van der Waals surface area (Å²) in [6.07, 6.45) is 4.55. The van der Waals surface area contributed by atoms with Crippen LogP contribution in [0.1, 0.15) is 60.3 Å². The second kappa shape index (κ2) is 7.07. The molecule has 1 aliphatic carbocycles. The van der Waals surface area contributed by atoms with Gasteiger partial charge in [-0.15, -0.1) is 10.2 Å². The summed E-state index contributed by atoms with van der Waals surface area (Å²) in [6, 6.07) is 6.85. The van der Waals surface area contributed by atoms with Crippen molar-refractivity contribution in [3.05, 3.63) is 41.6 Å². The van der Waals surface area contributed by atoms with Gasteiger partial charge in [-0.1, -0.05) is 6.07 Å². The predicted molar refractivity (Wildman–Crippen MR) is 92.8 cm³/mol. The first-order chi connectivity index (χ1) is 12.6. The van der Waals surface area contributed by atoms with Gasteiger partial charge in [-0.25, -0.2) is 0 Å². The third kappa shape index (κ3) is 3.44. The molecule has 0 bridgehead atoms. The largest absolute Gasteiger partial charge is 0.490 e. The van der Waals surface area contributed by atoms with E-state index >= 15 is 0 Å². The summed E-state index contributed by atoms with van der Waals surface area (Å²) in [7, 11) is 0. The fraction of sp³-hybridized carbons (Fsp3) is 0.526. The van der Waals surface area contributed by atoms with Crippen molar-refractivity contribution in [2.75, 3.05) is 6.54 Å². The number of hydrogen-bond acceptors (Lipinski definition) is 6. The number of aryl methyl sites for hydroxylation is 1. The summed E-state index contributed by atoms with van der Waals surface area (Å²) in [5.74, 6) is 1.36. The monoisotopic (exact) mass is 357 g/mol. The van der Waals surface area contributed by atoms with E-state index in [1.54, 1.807) is 24.0 Å². The number of likely N-dealkylation sites (tertiary alicyclic amines) is 1. The van der Waals surface area contributed by atoms with Crippen molar-refractivity contribution in [3.8, 4) is 5.75 Å². The highest BCUT2D eigenvalue weighted by atomic mass is 16.5. The molecular weight excluding hydrogens is 334 g/mol. The molecule has 2 atom stereocenters. The standard InChI is InChI=1S/C19H23N3O4/c1-12-20-21-18(25-12)17-10-14(23)11-22(17)19(24)13-5-4-8-16(9-13)26-15-6-2-3-7-15/h4-5,8-9,14-15,17,23H,2-3,6-7,10-11H2,1H3/t14-,17-/m1/s1. The van der Waals surface area contributed by atoms with Crippen molar-refractivity contribution in [1.29, 1.82) is 0 Å². The minimum atomic E-state index is -0.603. The van der Waals surface area contributed by atoms with Gasteiger partial charge in [0.25, 0.3) is 5.91 Å². The summed E-state index contributed by atoms with van der Waals surface area (Å²) in [4.78, 5) is 14.6. The number of aliphatic hydroxyl groups excluding tert-OH is 1. The second-order valence-electron chi connectivity index (χ2n) is 7.07. The van der Waals surface area contributed by atoms with Gasteiger partial charge in [-0.05, 0) is 43.9 Å². The van der Waals surface area contributed by atoms with E-state index in [9.17, 15) is 9.90 Å². The van der Waals surface area contributed by atoms with Crippen LogP contribution in [0.25, 0.3) is 0 Å². The van der Waals surface area contributed by atoms with E-state index in [-0.39, 0.29) is 18.6 Å². The summed E-state index contributed by atoms with van der Waals surface area (Å²) in [5, 5.41) is 17.9. The Morgan fingerprint density at radius 1 is 1.31 bits per heavy atom. The minimum Gasteiger partial charge on any atom is -0.490 e. The summed E-state index contributed by atoms with van der Waals surface area (Å²) in [5.41, 5.74) is 0.538. The molecular formula is C19H23N3O4. The minimum absolute atomic E-state index is 0.167. The van der Waals surface area contributed by atoms with Crippen molar-refractivity contribution < 1.29 is 19.1 Å². The van der Waals surface area contributed by atoms with E-state index in [0.717, 1.165) is 12.8 Å². The number of aliphatic hydroxyl groups is 1. The molecule has 1 aliphatic heterocycles. The Balaban J connectivity index is 1.54. The number of carbonyl (C=O) groups excluding carboxylic acids is 1. The van der Waals surface area contributed by atoms with Crippen LogP contribution in [0.2, 0.25) is 0 Å². The Morgan fingerprint density at radius 2 is 2.12 bits per heavy atom. The molecule has 1 saturated carbocycles. The number of ether oxygens (including phenoxy) is 1. The summed E-state index contributed by atoms with van der Waals surface area (Å²) in [6.45, 7) is 1.95. The number of hydrogen-bond donors (Lipinski definition) is 1. The first kappa shape index (κ1) is 17.0. The van der Waals surface area contributed by atoms with E-state index in [1.807, 2.05) is 12.1 Å². The fourth-order valence-corrected chi connectivity index (χ4v) is 3.79. The van der Waals surface area contributed by atoms with E-state index in [0.29, 0.717) is 29.5 Å². The number of carbonyl (C=O) groups is 1. The molecule has 4 rings (SSSR count). The lowest BCUT2D eigenvalue weighted by molar-refractivity contribution is 0.0696. The highest BCUT2D eigenvalue weighted by molar-refractivity contribution is 5.95. The van der Waals surface area contributed by atoms with E-state index in [4.69, 9.17) is 9.15 Å². The number of rotatable bonds is 4. The Labute approximate surface area is 152 Å². The van der Waals surface area contributed by atoms with Gasteiger partial charge in [0.1, 0.15) is 11.8 Å². The molecule has 1 aromatic carbocycles. The molecule has 2 heterocycles. The van der Waals surface area contributed by atoms with Crippen LogP contribution in [0.5, 0.6) is 5.75 Å². The molecule has 138 valence electrons. The van der Waals surface area contributed by atoms with Gasteiger partial charge in [-0.3, -0.25) is 4.79 Å². The van der Waals surface area contributed by atoms with Gasteiger partial charge in [0.05, 0.1) is 12.2 Å². The van der Waals surface area contributed by atoms with Gasteiger partial charge in [0, 0.05) is 25.5 Å². The molecule has 0 unspecified atom stereocenters. The molecule has 1 N–H and O–H groups in total. The number of β-amino-alcohol motifs (C(OH)–C–C–N with tert-alkyl or cyclic N) is 1. The van der Waals surface area contributed by atoms with Gasteiger partial charge in [0.2, 0.25) is 11.8 Å². The predicted octanol–water partition coefficient (Wildman–Crippen LogP) is 2.65. The van der Waals surface area contributed by atoms with Crippen molar-refractivity contribution in [1.82, 2.24) is 15.1 Å². The Hall–Kier alpha value is -2.41. The van der Waals surface area contributed by atoms with Crippen LogP contribution < -0.4 is 4.74 Å². The Morgan fingerprint density at radius 3 is 2.85 bits per heavy atom. The molecule has 7 heteroatoms. The fourth-order valence-electron chi connectivity index (χ4n) is 3.79. The van der Waals surface area contributed by atoms with Gasteiger partial charge >= 0.3 is 0 Å². The normalized spacial score (nSPS) is 23.5.